The first kappa shape index (κ1) is 19.0. The van der Waals surface area contributed by atoms with E-state index in [1.54, 1.807) is 7.11 Å². The second-order valence-electron chi connectivity index (χ2n) is 5.97. The van der Waals surface area contributed by atoms with Gasteiger partial charge in [0.15, 0.2) is 0 Å². The van der Waals surface area contributed by atoms with Crippen molar-refractivity contribution >= 4 is 23.1 Å². The molecule has 1 aliphatic rings. The molecular formula is C19H26ClNO3. The minimum Gasteiger partial charge on any atom is -0.384 e. The average Bonchev–Trinajstić information content (AvgIpc) is 2.61. The van der Waals surface area contributed by atoms with Crippen molar-refractivity contribution in [3.05, 3.63) is 40.4 Å². The summed E-state index contributed by atoms with van der Waals surface area (Å²) in [7, 11) is 1.69. The number of morpholine rings is 1. The van der Waals surface area contributed by atoms with Gasteiger partial charge in [-0.15, -0.1) is 0 Å². The minimum absolute atomic E-state index is 0.189. The van der Waals surface area contributed by atoms with E-state index in [0.29, 0.717) is 45.8 Å². The van der Waals surface area contributed by atoms with Crippen LogP contribution in [-0.2, 0) is 14.3 Å². The monoisotopic (exact) mass is 351 g/mol. The number of nitrogens with zero attached hydrogens (tertiary/aromatic N) is 1. The van der Waals surface area contributed by atoms with E-state index < -0.39 is 0 Å². The molecule has 0 bridgehead atoms. The first-order valence-electron chi connectivity index (χ1n) is 8.42. The summed E-state index contributed by atoms with van der Waals surface area (Å²) < 4.78 is 10.4. The topological polar surface area (TPSA) is 38.8 Å². The molecule has 0 spiro atoms. The lowest BCUT2D eigenvalue weighted by Gasteiger charge is -2.27. The predicted molar refractivity (Wildman–Crippen MR) is 97.3 cm³/mol. The molecule has 2 rings (SSSR count). The van der Waals surface area contributed by atoms with Gasteiger partial charge in [0.25, 0.3) is 0 Å². The zero-order chi connectivity index (χ0) is 17.4. The molecule has 0 N–H and O–H groups in total. The third-order valence-electron chi connectivity index (χ3n) is 4.23. The SMILES string of the molecule is COCCC=C(CCC(=O)N1CCOCC1)c1ccc(C)c(Cl)c1. The Balaban J connectivity index is 2.04. The Morgan fingerprint density at radius 1 is 1.33 bits per heavy atom. The summed E-state index contributed by atoms with van der Waals surface area (Å²) in [5.41, 5.74) is 3.29. The van der Waals surface area contributed by atoms with Gasteiger partial charge in [0, 0.05) is 38.2 Å². The van der Waals surface area contributed by atoms with Crippen LogP contribution in [0, 0.1) is 6.92 Å². The van der Waals surface area contributed by atoms with Crippen LogP contribution in [0.2, 0.25) is 5.02 Å². The van der Waals surface area contributed by atoms with Crippen molar-refractivity contribution in [2.24, 2.45) is 0 Å². The number of allylic oxidation sites excluding steroid dienone is 1. The minimum atomic E-state index is 0.189. The van der Waals surface area contributed by atoms with Crippen LogP contribution in [0.15, 0.2) is 24.3 Å². The van der Waals surface area contributed by atoms with E-state index in [2.05, 4.69) is 12.1 Å². The number of halogens is 1. The maximum absolute atomic E-state index is 12.4. The number of benzene rings is 1. The maximum atomic E-state index is 12.4. The molecular weight excluding hydrogens is 326 g/mol. The van der Waals surface area contributed by atoms with Crippen molar-refractivity contribution in [1.29, 1.82) is 0 Å². The third kappa shape index (κ3) is 5.62. The molecule has 0 saturated carbocycles. The van der Waals surface area contributed by atoms with E-state index in [1.165, 1.54) is 0 Å². The highest BCUT2D eigenvalue weighted by Crippen LogP contribution is 2.26. The summed E-state index contributed by atoms with van der Waals surface area (Å²) in [6, 6.07) is 6.07. The van der Waals surface area contributed by atoms with Gasteiger partial charge >= 0.3 is 0 Å². The number of hydrogen-bond donors (Lipinski definition) is 0. The highest BCUT2D eigenvalue weighted by molar-refractivity contribution is 6.31. The quantitative estimate of drug-likeness (QED) is 0.703. The normalized spacial score (nSPS) is 15.6. The van der Waals surface area contributed by atoms with Gasteiger partial charge in [-0.1, -0.05) is 29.8 Å². The largest absolute Gasteiger partial charge is 0.384 e. The first-order chi connectivity index (χ1) is 11.6. The number of rotatable bonds is 7. The Morgan fingerprint density at radius 3 is 2.75 bits per heavy atom. The maximum Gasteiger partial charge on any atom is 0.223 e. The summed E-state index contributed by atoms with van der Waals surface area (Å²) in [6.45, 7) is 5.31. The van der Waals surface area contributed by atoms with Crippen LogP contribution in [-0.4, -0.2) is 50.8 Å². The summed E-state index contributed by atoms with van der Waals surface area (Å²) in [5.74, 6) is 0.189. The summed E-state index contributed by atoms with van der Waals surface area (Å²) in [4.78, 5) is 14.3. The molecule has 1 aliphatic heterocycles. The van der Waals surface area contributed by atoms with Crippen LogP contribution in [0.5, 0.6) is 0 Å². The molecule has 24 heavy (non-hydrogen) atoms. The Hall–Kier alpha value is -1.36. The van der Waals surface area contributed by atoms with Gasteiger partial charge in [0.1, 0.15) is 0 Å². The van der Waals surface area contributed by atoms with Crippen molar-refractivity contribution < 1.29 is 14.3 Å². The van der Waals surface area contributed by atoms with Gasteiger partial charge in [0.05, 0.1) is 13.2 Å². The van der Waals surface area contributed by atoms with E-state index >= 15 is 0 Å². The van der Waals surface area contributed by atoms with Gasteiger partial charge in [-0.3, -0.25) is 4.79 Å². The zero-order valence-electron chi connectivity index (χ0n) is 14.5. The van der Waals surface area contributed by atoms with Crippen molar-refractivity contribution in [2.45, 2.75) is 26.2 Å². The fourth-order valence-electron chi connectivity index (χ4n) is 2.72. The van der Waals surface area contributed by atoms with E-state index in [4.69, 9.17) is 21.1 Å². The van der Waals surface area contributed by atoms with Crippen LogP contribution >= 0.6 is 11.6 Å². The number of methoxy groups -OCH3 is 1. The molecule has 5 heteroatoms. The molecule has 0 aliphatic carbocycles. The summed E-state index contributed by atoms with van der Waals surface area (Å²) in [6.07, 6.45) is 4.18. The van der Waals surface area contributed by atoms with Gasteiger partial charge < -0.3 is 14.4 Å². The molecule has 132 valence electrons. The highest BCUT2D eigenvalue weighted by Gasteiger charge is 2.17. The number of aryl methyl sites for hydroxylation is 1. The number of ether oxygens (including phenoxy) is 2. The zero-order valence-corrected chi connectivity index (χ0v) is 15.3. The van der Waals surface area contributed by atoms with Crippen molar-refractivity contribution in [1.82, 2.24) is 4.90 Å². The molecule has 1 saturated heterocycles. The van der Waals surface area contributed by atoms with Crippen LogP contribution in [0.25, 0.3) is 5.57 Å². The molecule has 1 heterocycles. The van der Waals surface area contributed by atoms with E-state index in [1.807, 2.05) is 24.0 Å². The van der Waals surface area contributed by atoms with Crippen molar-refractivity contribution in [3.8, 4) is 0 Å². The second kappa shape index (κ2) is 9.82. The lowest BCUT2D eigenvalue weighted by molar-refractivity contribution is -0.135. The standard InChI is InChI=1S/C19H26ClNO3/c1-15-5-6-17(14-18(15)20)16(4-3-11-23-2)7-8-19(22)21-9-12-24-13-10-21/h4-6,14H,3,7-13H2,1-2H3. The number of carbonyl (C=O) groups is 1. The Labute approximate surface area is 149 Å². The van der Waals surface area contributed by atoms with Gasteiger partial charge in [0.2, 0.25) is 5.91 Å². The Kier molecular flexibility index (Phi) is 7.76. The molecule has 0 radical (unpaired) electrons. The van der Waals surface area contributed by atoms with Crippen molar-refractivity contribution in [2.75, 3.05) is 40.0 Å². The molecule has 0 unspecified atom stereocenters. The molecule has 1 fully saturated rings. The van der Waals surface area contributed by atoms with Gasteiger partial charge in [-0.05, 0) is 42.5 Å². The van der Waals surface area contributed by atoms with E-state index in [9.17, 15) is 4.79 Å². The molecule has 4 nitrogen and oxygen atoms in total. The number of carbonyl (C=O) groups excluding carboxylic acids is 1. The van der Waals surface area contributed by atoms with Gasteiger partial charge in [-0.2, -0.15) is 0 Å². The number of amides is 1. The molecule has 0 aromatic heterocycles. The first-order valence-corrected chi connectivity index (χ1v) is 8.79. The predicted octanol–water partition coefficient (Wildman–Crippen LogP) is 3.71. The Morgan fingerprint density at radius 2 is 2.08 bits per heavy atom. The smallest absolute Gasteiger partial charge is 0.223 e. The third-order valence-corrected chi connectivity index (χ3v) is 4.63. The summed E-state index contributed by atoms with van der Waals surface area (Å²) in [5, 5.41) is 0.754. The number of hydrogen-bond acceptors (Lipinski definition) is 3. The van der Waals surface area contributed by atoms with Crippen molar-refractivity contribution in [3.63, 3.8) is 0 Å². The Bertz CT molecular complexity index is 580. The fraction of sp³-hybridized carbons (Fsp3) is 0.526. The van der Waals surface area contributed by atoms with Crippen LogP contribution < -0.4 is 0 Å². The molecule has 0 atom stereocenters. The second-order valence-corrected chi connectivity index (χ2v) is 6.38. The molecule has 1 amide bonds. The van der Waals surface area contributed by atoms with Crippen LogP contribution in [0.1, 0.15) is 30.4 Å². The van der Waals surface area contributed by atoms with E-state index in [-0.39, 0.29) is 5.91 Å². The van der Waals surface area contributed by atoms with Gasteiger partial charge in [-0.25, -0.2) is 0 Å². The lowest BCUT2D eigenvalue weighted by Crippen LogP contribution is -2.40. The molecule has 1 aromatic rings. The van der Waals surface area contributed by atoms with Crippen LogP contribution in [0.4, 0.5) is 0 Å². The molecule has 1 aromatic carbocycles. The van der Waals surface area contributed by atoms with E-state index in [0.717, 1.165) is 28.1 Å². The summed E-state index contributed by atoms with van der Waals surface area (Å²) >= 11 is 6.26. The lowest BCUT2D eigenvalue weighted by atomic mass is 9.98. The van der Waals surface area contributed by atoms with Crippen LogP contribution in [0.3, 0.4) is 0 Å². The highest BCUT2D eigenvalue weighted by atomic mass is 35.5. The average molecular weight is 352 g/mol. The fourth-order valence-corrected chi connectivity index (χ4v) is 2.90.